The van der Waals surface area contributed by atoms with Gasteiger partial charge in [-0.1, -0.05) is 0 Å². The van der Waals surface area contributed by atoms with Crippen LogP contribution in [0.4, 0.5) is 0 Å². The van der Waals surface area contributed by atoms with Crippen LogP contribution in [0.1, 0.15) is 12.0 Å². The van der Waals surface area contributed by atoms with E-state index in [0.717, 1.165) is 4.47 Å². The molecule has 1 aromatic rings. The molecule has 0 aliphatic carbocycles. The fourth-order valence-electron chi connectivity index (χ4n) is 1.14. The van der Waals surface area contributed by atoms with E-state index in [4.69, 9.17) is 5.73 Å². The highest BCUT2D eigenvalue weighted by atomic mass is 79.9. The standard InChI is InChI=1S/C9H11BrN2O2/c1-6-4-7(10)5-12(9(6)14)3-2-8(11)13/h4-5H,2-3H2,1H3,(H2,11,13). The van der Waals surface area contributed by atoms with Gasteiger partial charge in [0.25, 0.3) is 5.56 Å². The Bertz CT molecular complexity index is 412. The van der Waals surface area contributed by atoms with Crippen LogP contribution in [0.25, 0.3) is 0 Å². The Hall–Kier alpha value is -1.10. The molecule has 0 saturated heterocycles. The fraction of sp³-hybridized carbons (Fsp3) is 0.333. The van der Waals surface area contributed by atoms with Gasteiger partial charge in [0.15, 0.2) is 0 Å². The van der Waals surface area contributed by atoms with Gasteiger partial charge in [0.2, 0.25) is 5.91 Å². The molecular formula is C9H11BrN2O2. The van der Waals surface area contributed by atoms with E-state index in [0.29, 0.717) is 12.1 Å². The van der Waals surface area contributed by atoms with Crippen molar-refractivity contribution < 1.29 is 4.79 Å². The smallest absolute Gasteiger partial charge is 0.253 e. The number of amides is 1. The number of aromatic nitrogens is 1. The summed E-state index contributed by atoms with van der Waals surface area (Å²) in [7, 11) is 0. The maximum atomic E-state index is 11.5. The summed E-state index contributed by atoms with van der Waals surface area (Å²) in [5.41, 5.74) is 5.55. The van der Waals surface area contributed by atoms with Crippen molar-refractivity contribution in [1.29, 1.82) is 0 Å². The van der Waals surface area contributed by atoms with Crippen LogP contribution < -0.4 is 11.3 Å². The average Bonchev–Trinajstić information content (AvgIpc) is 2.08. The molecule has 1 amide bonds. The number of aryl methyl sites for hydroxylation is 2. The van der Waals surface area contributed by atoms with Gasteiger partial charge < -0.3 is 10.3 Å². The van der Waals surface area contributed by atoms with Crippen molar-refractivity contribution >= 4 is 21.8 Å². The van der Waals surface area contributed by atoms with E-state index in [1.807, 2.05) is 0 Å². The van der Waals surface area contributed by atoms with Crippen LogP contribution in [-0.4, -0.2) is 10.5 Å². The van der Waals surface area contributed by atoms with E-state index in [-0.39, 0.29) is 12.0 Å². The first kappa shape index (κ1) is 11.0. The lowest BCUT2D eigenvalue weighted by molar-refractivity contribution is -0.118. The van der Waals surface area contributed by atoms with Gasteiger partial charge in [-0.05, 0) is 28.9 Å². The SMILES string of the molecule is Cc1cc(Br)cn(CCC(N)=O)c1=O. The van der Waals surface area contributed by atoms with Crippen molar-refractivity contribution in [3.63, 3.8) is 0 Å². The number of nitrogens with two attached hydrogens (primary N) is 1. The van der Waals surface area contributed by atoms with Crippen molar-refractivity contribution in [3.05, 3.63) is 32.7 Å². The molecule has 76 valence electrons. The van der Waals surface area contributed by atoms with Crippen LogP contribution in [-0.2, 0) is 11.3 Å². The number of carbonyl (C=O) groups excluding carboxylic acids is 1. The van der Waals surface area contributed by atoms with E-state index >= 15 is 0 Å². The molecule has 0 fully saturated rings. The van der Waals surface area contributed by atoms with Crippen molar-refractivity contribution in [1.82, 2.24) is 4.57 Å². The molecular weight excluding hydrogens is 248 g/mol. The summed E-state index contributed by atoms with van der Waals surface area (Å²) < 4.78 is 2.29. The number of halogens is 1. The monoisotopic (exact) mass is 258 g/mol. The molecule has 0 spiro atoms. The predicted molar refractivity (Wildman–Crippen MR) is 57.0 cm³/mol. The minimum Gasteiger partial charge on any atom is -0.370 e. The molecule has 0 aliphatic heterocycles. The fourth-order valence-corrected chi connectivity index (χ4v) is 1.73. The molecule has 0 saturated carbocycles. The van der Waals surface area contributed by atoms with Gasteiger partial charge in [-0.2, -0.15) is 0 Å². The van der Waals surface area contributed by atoms with Crippen molar-refractivity contribution in [2.24, 2.45) is 5.73 Å². The minimum absolute atomic E-state index is 0.0885. The third kappa shape index (κ3) is 2.70. The topological polar surface area (TPSA) is 65.1 Å². The Morgan fingerprint density at radius 3 is 2.86 bits per heavy atom. The van der Waals surface area contributed by atoms with Gasteiger partial charge in [-0.15, -0.1) is 0 Å². The number of nitrogens with zero attached hydrogens (tertiary/aromatic N) is 1. The Balaban J connectivity index is 2.97. The molecule has 0 unspecified atom stereocenters. The van der Waals surface area contributed by atoms with E-state index in [2.05, 4.69) is 15.9 Å². The molecule has 2 N–H and O–H groups in total. The lowest BCUT2D eigenvalue weighted by atomic mass is 10.3. The summed E-state index contributed by atoms with van der Waals surface area (Å²) in [5.74, 6) is -0.408. The summed E-state index contributed by atoms with van der Waals surface area (Å²) >= 11 is 3.28. The number of carbonyl (C=O) groups is 1. The molecule has 5 heteroatoms. The quantitative estimate of drug-likeness (QED) is 0.872. The summed E-state index contributed by atoms with van der Waals surface area (Å²) in [6.07, 6.45) is 1.83. The second-order valence-corrected chi connectivity index (χ2v) is 3.97. The minimum atomic E-state index is -0.408. The number of primary amides is 1. The zero-order valence-electron chi connectivity index (χ0n) is 7.79. The van der Waals surface area contributed by atoms with Gasteiger partial charge in [0, 0.05) is 29.2 Å². The predicted octanol–water partition coefficient (Wildman–Crippen LogP) is 0.795. The largest absolute Gasteiger partial charge is 0.370 e. The molecule has 1 rings (SSSR count). The number of rotatable bonds is 3. The molecule has 0 radical (unpaired) electrons. The third-order valence-corrected chi connectivity index (χ3v) is 2.26. The molecule has 14 heavy (non-hydrogen) atoms. The first-order valence-corrected chi connectivity index (χ1v) is 4.95. The maximum Gasteiger partial charge on any atom is 0.253 e. The highest BCUT2D eigenvalue weighted by Gasteiger charge is 2.02. The lowest BCUT2D eigenvalue weighted by Gasteiger charge is -2.05. The normalized spacial score (nSPS) is 10.1. The van der Waals surface area contributed by atoms with Gasteiger partial charge in [0.1, 0.15) is 0 Å². The summed E-state index contributed by atoms with van der Waals surface area (Å²) in [4.78, 5) is 22.1. The Kier molecular flexibility index (Phi) is 3.46. The maximum absolute atomic E-state index is 11.5. The molecule has 0 aromatic carbocycles. The molecule has 1 aromatic heterocycles. The molecule has 0 aliphatic rings. The average molecular weight is 259 g/mol. The van der Waals surface area contributed by atoms with Crippen LogP contribution in [0.3, 0.4) is 0 Å². The number of pyridine rings is 1. The van der Waals surface area contributed by atoms with Gasteiger partial charge in [-0.25, -0.2) is 0 Å². The van der Waals surface area contributed by atoms with Crippen molar-refractivity contribution in [2.45, 2.75) is 19.9 Å². The molecule has 1 heterocycles. The Morgan fingerprint density at radius 2 is 2.29 bits per heavy atom. The third-order valence-electron chi connectivity index (χ3n) is 1.83. The molecule has 0 bridgehead atoms. The number of hydrogen-bond donors (Lipinski definition) is 1. The van der Waals surface area contributed by atoms with Gasteiger partial charge in [-0.3, -0.25) is 9.59 Å². The highest BCUT2D eigenvalue weighted by Crippen LogP contribution is 2.08. The van der Waals surface area contributed by atoms with E-state index < -0.39 is 5.91 Å². The highest BCUT2D eigenvalue weighted by molar-refractivity contribution is 9.10. The van der Waals surface area contributed by atoms with E-state index in [1.54, 1.807) is 19.2 Å². The summed E-state index contributed by atoms with van der Waals surface area (Å²) in [5, 5.41) is 0. The first-order valence-electron chi connectivity index (χ1n) is 4.15. The lowest BCUT2D eigenvalue weighted by Crippen LogP contribution is -2.24. The second kappa shape index (κ2) is 4.41. The van der Waals surface area contributed by atoms with Crippen molar-refractivity contribution in [2.75, 3.05) is 0 Å². The Labute approximate surface area is 89.9 Å². The van der Waals surface area contributed by atoms with E-state index in [9.17, 15) is 9.59 Å². The van der Waals surface area contributed by atoms with Crippen LogP contribution in [0.15, 0.2) is 21.5 Å². The molecule has 0 atom stereocenters. The Morgan fingerprint density at radius 1 is 1.64 bits per heavy atom. The van der Waals surface area contributed by atoms with Crippen LogP contribution >= 0.6 is 15.9 Å². The zero-order valence-corrected chi connectivity index (χ0v) is 9.37. The van der Waals surface area contributed by atoms with Crippen LogP contribution in [0.2, 0.25) is 0 Å². The van der Waals surface area contributed by atoms with Crippen LogP contribution in [0.5, 0.6) is 0 Å². The summed E-state index contributed by atoms with van der Waals surface area (Å²) in [6, 6.07) is 1.74. The zero-order chi connectivity index (χ0) is 10.7. The second-order valence-electron chi connectivity index (χ2n) is 3.06. The molecule has 4 nitrogen and oxygen atoms in total. The van der Waals surface area contributed by atoms with Gasteiger partial charge >= 0.3 is 0 Å². The van der Waals surface area contributed by atoms with Gasteiger partial charge in [0.05, 0.1) is 0 Å². The summed E-state index contributed by atoms with van der Waals surface area (Å²) in [6.45, 7) is 2.06. The van der Waals surface area contributed by atoms with Crippen molar-refractivity contribution in [3.8, 4) is 0 Å². The van der Waals surface area contributed by atoms with E-state index in [1.165, 1.54) is 4.57 Å². The first-order chi connectivity index (χ1) is 6.50. The number of hydrogen-bond acceptors (Lipinski definition) is 2. The van der Waals surface area contributed by atoms with Crippen LogP contribution in [0, 0.1) is 6.92 Å².